The van der Waals surface area contributed by atoms with Crippen molar-refractivity contribution in [3.05, 3.63) is 60.2 Å². The molecule has 190 valence electrons. The van der Waals surface area contributed by atoms with Gasteiger partial charge >= 0.3 is 0 Å². The van der Waals surface area contributed by atoms with E-state index >= 15 is 0 Å². The summed E-state index contributed by atoms with van der Waals surface area (Å²) in [6.45, 7) is 12.1. The lowest BCUT2D eigenvalue weighted by Crippen LogP contribution is -2.35. The number of ether oxygens (including phenoxy) is 1. The van der Waals surface area contributed by atoms with Crippen LogP contribution in [-0.2, 0) is 20.4 Å². The molecule has 0 bridgehead atoms. The predicted octanol–water partition coefficient (Wildman–Crippen LogP) is 8.17. The summed E-state index contributed by atoms with van der Waals surface area (Å²) in [7, 11) is -1.28. The van der Waals surface area contributed by atoms with E-state index in [9.17, 15) is 0 Å². The molecule has 0 saturated heterocycles. The normalized spacial score (nSPS) is 14.0. The molecule has 6 heteroatoms. The SMILES string of the molecule is CCC(COCc1ccc2ccc3cccc4ccc1c2c34)OP(OCCC#N)N(C(C)C)C(C)C. The topological polar surface area (TPSA) is 54.7 Å². The van der Waals surface area contributed by atoms with E-state index < -0.39 is 8.53 Å². The molecular formula is C30H37N2O3P. The van der Waals surface area contributed by atoms with E-state index in [-0.39, 0.29) is 18.2 Å². The van der Waals surface area contributed by atoms with Gasteiger partial charge in [-0.25, -0.2) is 4.67 Å². The van der Waals surface area contributed by atoms with Crippen molar-refractivity contribution in [2.75, 3.05) is 13.2 Å². The second-order valence-electron chi connectivity index (χ2n) is 9.78. The van der Waals surface area contributed by atoms with E-state index in [0.29, 0.717) is 26.2 Å². The van der Waals surface area contributed by atoms with E-state index in [0.717, 1.165) is 6.42 Å². The van der Waals surface area contributed by atoms with Gasteiger partial charge in [0.05, 0.1) is 38.4 Å². The van der Waals surface area contributed by atoms with Crippen molar-refractivity contribution in [2.45, 2.75) is 72.3 Å². The number of nitriles is 1. The Hall–Kier alpha value is -2.32. The van der Waals surface area contributed by atoms with Gasteiger partial charge in [-0.3, -0.25) is 0 Å². The predicted molar refractivity (Wildman–Crippen MR) is 150 cm³/mol. The van der Waals surface area contributed by atoms with Crippen LogP contribution in [0.4, 0.5) is 0 Å². The largest absolute Gasteiger partial charge is 0.374 e. The van der Waals surface area contributed by atoms with Gasteiger partial charge in [0.25, 0.3) is 8.53 Å². The highest BCUT2D eigenvalue weighted by atomic mass is 31.2. The zero-order valence-corrected chi connectivity index (χ0v) is 22.9. The van der Waals surface area contributed by atoms with Gasteiger partial charge in [0.15, 0.2) is 0 Å². The summed E-state index contributed by atoms with van der Waals surface area (Å²) in [6, 6.07) is 22.4. The zero-order valence-electron chi connectivity index (χ0n) is 22.0. The van der Waals surface area contributed by atoms with Gasteiger partial charge in [-0.2, -0.15) is 5.26 Å². The van der Waals surface area contributed by atoms with Gasteiger partial charge in [0, 0.05) is 12.1 Å². The Morgan fingerprint density at radius 2 is 1.53 bits per heavy atom. The second kappa shape index (κ2) is 12.3. The summed E-state index contributed by atoms with van der Waals surface area (Å²) >= 11 is 0. The van der Waals surface area contributed by atoms with Crippen molar-refractivity contribution >= 4 is 40.8 Å². The van der Waals surface area contributed by atoms with Crippen LogP contribution < -0.4 is 0 Å². The van der Waals surface area contributed by atoms with Crippen molar-refractivity contribution in [1.82, 2.24) is 4.67 Å². The molecule has 0 aliphatic carbocycles. The van der Waals surface area contributed by atoms with Crippen molar-refractivity contribution in [1.29, 1.82) is 5.26 Å². The van der Waals surface area contributed by atoms with Crippen LogP contribution in [0.1, 0.15) is 53.0 Å². The molecule has 2 unspecified atom stereocenters. The summed E-state index contributed by atoms with van der Waals surface area (Å²) in [4.78, 5) is 0. The van der Waals surface area contributed by atoms with Crippen LogP contribution in [0, 0.1) is 11.3 Å². The lowest BCUT2D eigenvalue weighted by Gasteiger charge is -2.37. The van der Waals surface area contributed by atoms with Gasteiger partial charge in [-0.05, 0) is 72.0 Å². The molecule has 0 aromatic heterocycles. The van der Waals surface area contributed by atoms with E-state index in [2.05, 4.69) is 100.0 Å². The van der Waals surface area contributed by atoms with E-state index in [4.69, 9.17) is 19.0 Å². The van der Waals surface area contributed by atoms with Crippen molar-refractivity contribution < 1.29 is 13.8 Å². The number of benzene rings is 4. The Bertz CT molecular complexity index is 1290. The fourth-order valence-electron chi connectivity index (χ4n) is 4.87. The molecule has 0 aliphatic rings. The molecule has 0 aliphatic heterocycles. The van der Waals surface area contributed by atoms with Gasteiger partial charge < -0.3 is 13.8 Å². The monoisotopic (exact) mass is 504 g/mol. The summed E-state index contributed by atoms with van der Waals surface area (Å²) in [5, 5.41) is 16.6. The van der Waals surface area contributed by atoms with Crippen LogP contribution in [0.15, 0.2) is 54.6 Å². The third-order valence-corrected chi connectivity index (χ3v) is 8.72. The molecule has 2 atom stereocenters. The summed E-state index contributed by atoms with van der Waals surface area (Å²) in [5.41, 5.74) is 1.19. The number of nitrogens with zero attached hydrogens (tertiary/aromatic N) is 2. The minimum atomic E-state index is -1.28. The first-order chi connectivity index (χ1) is 17.4. The lowest BCUT2D eigenvalue weighted by atomic mass is 9.92. The number of hydrogen-bond donors (Lipinski definition) is 0. The highest BCUT2D eigenvalue weighted by molar-refractivity contribution is 7.44. The number of rotatable bonds is 13. The average molecular weight is 505 g/mol. The first-order valence-corrected chi connectivity index (χ1v) is 14.1. The van der Waals surface area contributed by atoms with Gasteiger partial charge in [0.1, 0.15) is 0 Å². The molecule has 0 spiro atoms. The average Bonchev–Trinajstić information content (AvgIpc) is 2.86. The first kappa shape index (κ1) is 26.7. The minimum absolute atomic E-state index is 0.0852. The molecule has 5 nitrogen and oxygen atoms in total. The highest BCUT2D eigenvalue weighted by Gasteiger charge is 2.29. The second-order valence-corrected chi connectivity index (χ2v) is 11.2. The fraction of sp³-hybridized carbons (Fsp3) is 0.433. The van der Waals surface area contributed by atoms with E-state index in [1.54, 1.807) is 0 Å². The summed E-state index contributed by atoms with van der Waals surface area (Å²) in [6.07, 6.45) is 1.09. The van der Waals surface area contributed by atoms with Crippen LogP contribution in [-0.4, -0.2) is 36.1 Å². The Balaban J connectivity index is 1.48. The van der Waals surface area contributed by atoms with Crippen molar-refractivity contribution in [3.8, 4) is 6.07 Å². The van der Waals surface area contributed by atoms with E-state index in [1.165, 1.54) is 37.9 Å². The van der Waals surface area contributed by atoms with Gasteiger partial charge in [-0.15, -0.1) is 0 Å². The lowest BCUT2D eigenvalue weighted by molar-refractivity contribution is 0.0292. The van der Waals surface area contributed by atoms with Crippen LogP contribution in [0.5, 0.6) is 0 Å². The van der Waals surface area contributed by atoms with Crippen molar-refractivity contribution in [2.24, 2.45) is 0 Å². The van der Waals surface area contributed by atoms with Crippen molar-refractivity contribution in [3.63, 3.8) is 0 Å². The Labute approximate surface area is 216 Å². The van der Waals surface area contributed by atoms with E-state index in [1.807, 2.05) is 0 Å². The molecule has 4 aromatic rings. The molecule has 0 saturated carbocycles. The molecule has 4 aromatic carbocycles. The van der Waals surface area contributed by atoms with Crippen LogP contribution in [0.2, 0.25) is 0 Å². The minimum Gasteiger partial charge on any atom is -0.374 e. The molecule has 0 radical (unpaired) electrons. The quantitative estimate of drug-likeness (QED) is 0.104. The first-order valence-electron chi connectivity index (χ1n) is 12.9. The summed E-state index contributed by atoms with van der Waals surface area (Å²) in [5.74, 6) is 0. The van der Waals surface area contributed by atoms with Crippen LogP contribution in [0.25, 0.3) is 32.3 Å². The maximum absolute atomic E-state index is 8.96. The molecule has 0 heterocycles. The maximum atomic E-state index is 8.96. The molecule has 36 heavy (non-hydrogen) atoms. The Kier molecular flexibility index (Phi) is 9.12. The third kappa shape index (κ3) is 5.80. The smallest absolute Gasteiger partial charge is 0.259 e. The molecule has 4 rings (SSSR count). The zero-order chi connectivity index (χ0) is 25.7. The molecule has 0 fully saturated rings. The molecule has 0 N–H and O–H groups in total. The Morgan fingerprint density at radius 3 is 2.17 bits per heavy atom. The van der Waals surface area contributed by atoms with Crippen LogP contribution in [0.3, 0.4) is 0 Å². The highest BCUT2D eigenvalue weighted by Crippen LogP contribution is 2.47. The molecule has 0 amide bonds. The maximum Gasteiger partial charge on any atom is 0.259 e. The fourth-order valence-corrected chi connectivity index (χ4v) is 6.64. The number of hydrogen-bond acceptors (Lipinski definition) is 5. The molecular weight excluding hydrogens is 467 g/mol. The standard InChI is InChI=1S/C30H37N2O3P/c1-6-27(35-36(34-18-8-17-31)32(21(2)3)22(4)5)20-33-19-26-14-13-25-12-11-23-9-7-10-24-15-16-28(26)30(25)29(23)24/h7,9-16,21-22,27H,6,8,18-20H2,1-5H3. The van der Waals surface area contributed by atoms with Gasteiger partial charge in [0.2, 0.25) is 0 Å². The van der Waals surface area contributed by atoms with Gasteiger partial charge in [-0.1, -0.05) is 61.5 Å². The Morgan fingerprint density at radius 1 is 0.889 bits per heavy atom. The third-order valence-electron chi connectivity index (χ3n) is 6.54. The van der Waals surface area contributed by atoms with Crippen LogP contribution >= 0.6 is 8.53 Å². The summed E-state index contributed by atoms with van der Waals surface area (Å²) < 4.78 is 21.1.